The second-order valence-electron chi connectivity index (χ2n) is 9.47. The van der Waals surface area contributed by atoms with Crippen LogP contribution in [-0.4, -0.2) is 50.6 Å². The van der Waals surface area contributed by atoms with Crippen LogP contribution in [0, 0.1) is 6.92 Å². The number of benzene rings is 4. The Kier molecular flexibility index (Phi) is 11.2. The van der Waals surface area contributed by atoms with Crippen LogP contribution in [0.2, 0.25) is 0 Å². The maximum Gasteiger partial charge on any atom is 0.330 e. The molecule has 4 aromatic rings. The number of carbonyl (C=O) groups excluding carboxylic acids is 2. The van der Waals surface area contributed by atoms with Crippen LogP contribution >= 0.6 is 0 Å². The minimum Gasteiger partial charge on any atom is -0.490 e. The van der Waals surface area contributed by atoms with Crippen LogP contribution in [0.5, 0.6) is 23.0 Å². The standard InChI is InChI=1S/C35H34O8/c1-4-34(36)42-30(21-38-27-12-8-6-9-13-27)23-40-29-18-16-26-17-19-33(25(3)32(26)20-29)41-24-31(43-35(37)5-2)22-39-28-14-10-7-11-15-28/h4-20,30-31H,1-2,21-24H2,3H3. The van der Waals surface area contributed by atoms with E-state index < -0.39 is 24.1 Å². The molecule has 4 rings (SSSR count). The molecule has 0 aromatic heterocycles. The summed E-state index contributed by atoms with van der Waals surface area (Å²) in [6.45, 7) is 9.25. The summed E-state index contributed by atoms with van der Waals surface area (Å²) in [6.07, 6.45) is 0.886. The molecule has 0 heterocycles. The fourth-order valence-corrected chi connectivity index (χ4v) is 4.12. The molecule has 2 atom stereocenters. The second-order valence-corrected chi connectivity index (χ2v) is 9.47. The Morgan fingerprint density at radius 2 is 1.09 bits per heavy atom. The summed E-state index contributed by atoms with van der Waals surface area (Å²) < 4.78 is 34.5. The van der Waals surface area contributed by atoms with Crippen molar-refractivity contribution in [2.24, 2.45) is 0 Å². The molecule has 0 amide bonds. The van der Waals surface area contributed by atoms with Crippen molar-refractivity contribution in [3.05, 3.63) is 122 Å². The van der Waals surface area contributed by atoms with Crippen molar-refractivity contribution in [2.45, 2.75) is 19.1 Å². The highest BCUT2D eigenvalue weighted by Gasteiger charge is 2.18. The van der Waals surface area contributed by atoms with Gasteiger partial charge in [-0.2, -0.15) is 0 Å². The number of hydrogen-bond donors (Lipinski definition) is 0. The highest BCUT2D eigenvalue weighted by Crippen LogP contribution is 2.30. The predicted molar refractivity (Wildman–Crippen MR) is 164 cm³/mol. The number of esters is 2. The predicted octanol–water partition coefficient (Wildman–Crippen LogP) is 6.26. The molecule has 0 aliphatic heterocycles. The van der Waals surface area contributed by atoms with Crippen LogP contribution in [0.4, 0.5) is 0 Å². The van der Waals surface area contributed by atoms with Crippen molar-refractivity contribution < 1.29 is 38.0 Å². The molecule has 0 radical (unpaired) electrons. The molecule has 43 heavy (non-hydrogen) atoms. The maximum atomic E-state index is 11.9. The Hall–Kier alpha value is -5.24. The minimum atomic E-state index is -0.663. The lowest BCUT2D eigenvalue weighted by molar-refractivity contribution is -0.147. The van der Waals surface area contributed by atoms with Gasteiger partial charge in [-0.1, -0.05) is 61.7 Å². The van der Waals surface area contributed by atoms with Gasteiger partial charge in [0.05, 0.1) is 0 Å². The third kappa shape index (κ3) is 9.39. The Balaban J connectivity index is 1.42. The monoisotopic (exact) mass is 582 g/mol. The molecule has 0 saturated heterocycles. The summed E-state index contributed by atoms with van der Waals surface area (Å²) in [4.78, 5) is 23.8. The Labute approximate surface area is 251 Å². The highest BCUT2D eigenvalue weighted by atomic mass is 16.6. The van der Waals surface area contributed by atoms with Gasteiger partial charge >= 0.3 is 11.9 Å². The van der Waals surface area contributed by atoms with Gasteiger partial charge in [-0.05, 0) is 65.7 Å². The Morgan fingerprint density at radius 1 is 0.628 bits per heavy atom. The smallest absolute Gasteiger partial charge is 0.330 e. The zero-order valence-corrected chi connectivity index (χ0v) is 24.0. The maximum absolute atomic E-state index is 11.9. The van der Waals surface area contributed by atoms with Crippen LogP contribution in [0.25, 0.3) is 10.8 Å². The van der Waals surface area contributed by atoms with Gasteiger partial charge in [-0.15, -0.1) is 0 Å². The zero-order valence-electron chi connectivity index (χ0n) is 24.0. The third-order valence-electron chi connectivity index (χ3n) is 6.33. The molecule has 4 aromatic carbocycles. The number of ether oxygens (including phenoxy) is 6. The highest BCUT2D eigenvalue weighted by molar-refractivity contribution is 5.88. The van der Waals surface area contributed by atoms with E-state index in [1.165, 1.54) is 0 Å². The van der Waals surface area contributed by atoms with E-state index in [0.717, 1.165) is 28.5 Å². The third-order valence-corrected chi connectivity index (χ3v) is 6.33. The molecule has 8 heteroatoms. The first kappa shape index (κ1) is 30.7. The van der Waals surface area contributed by atoms with Gasteiger partial charge in [0.1, 0.15) is 49.4 Å². The SMILES string of the molecule is C=CC(=O)OC(COc1ccccc1)COc1ccc2ccc(OCC(COc3ccccc3)OC(=O)C=C)c(C)c2c1. The summed E-state index contributed by atoms with van der Waals surface area (Å²) in [5.74, 6) is 1.40. The van der Waals surface area contributed by atoms with Gasteiger partial charge < -0.3 is 28.4 Å². The summed E-state index contributed by atoms with van der Waals surface area (Å²) in [5.41, 5.74) is 0.878. The van der Waals surface area contributed by atoms with Crippen molar-refractivity contribution in [3.63, 3.8) is 0 Å². The Bertz CT molecular complexity index is 1510. The zero-order chi connectivity index (χ0) is 30.4. The average Bonchev–Trinajstić information content (AvgIpc) is 3.05. The van der Waals surface area contributed by atoms with Gasteiger partial charge in [0.2, 0.25) is 0 Å². The fourth-order valence-electron chi connectivity index (χ4n) is 4.12. The molecular weight excluding hydrogens is 548 g/mol. The summed E-state index contributed by atoms with van der Waals surface area (Å²) in [7, 11) is 0. The van der Waals surface area contributed by atoms with Crippen molar-refractivity contribution in [1.82, 2.24) is 0 Å². The van der Waals surface area contributed by atoms with Gasteiger partial charge in [-0.25, -0.2) is 9.59 Å². The summed E-state index contributed by atoms with van der Waals surface area (Å²) >= 11 is 0. The number of aryl methyl sites for hydroxylation is 1. The van der Waals surface area contributed by atoms with Crippen molar-refractivity contribution in [3.8, 4) is 23.0 Å². The van der Waals surface area contributed by atoms with E-state index in [1.807, 2.05) is 97.9 Å². The van der Waals surface area contributed by atoms with Crippen LogP contribution in [0.3, 0.4) is 0 Å². The van der Waals surface area contributed by atoms with Gasteiger partial charge in [-0.3, -0.25) is 0 Å². The van der Waals surface area contributed by atoms with Crippen LogP contribution in [0.15, 0.2) is 116 Å². The molecule has 2 unspecified atom stereocenters. The molecule has 0 aliphatic rings. The lowest BCUT2D eigenvalue weighted by Gasteiger charge is -2.20. The van der Waals surface area contributed by atoms with Crippen LogP contribution in [0.1, 0.15) is 5.56 Å². The molecule has 0 spiro atoms. The molecule has 222 valence electrons. The summed E-state index contributed by atoms with van der Waals surface area (Å²) in [6, 6.07) is 28.0. The van der Waals surface area contributed by atoms with Crippen molar-refractivity contribution in [1.29, 1.82) is 0 Å². The quantitative estimate of drug-likeness (QED) is 0.113. The van der Waals surface area contributed by atoms with E-state index in [2.05, 4.69) is 13.2 Å². The fraction of sp³-hybridized carbons (Fsp3) is 0.200. The van der Waals surface area contributed by atoms with E-state index >= 15 is 0 Å². The number of carbonyl (C=O) groups is 2. The molecule has 0 fully saturated rings. The summed E-state index contributed by atoms with van der Waals surface area (Å²) in [5, 5.41) is 1.90. The number of para-hydroxylation sites is 2. The first-order valence-electron chi connectivity index (χ1n) is 13.8. The van der Waals surface area contributed by atoms with Crippen molar-refractivity contribution >= 4 is 22.7 Å². The van der Waals surface area contributed by atoms with Crippen LogP contribution in [-0.2, 0) is 19.1 Å². The van der Waals surface area contributed by atoms with E-state index in [9.17, 15) is 9.59 Å². The number of rotatable bonds is 16. The molecule has 0 saturated carbocycles. The normalized spacial score (nSPS) is 11.9. The molecule has 0 bridgehead atoms. The van der Waals surface area contributed by atoms with E-state index in [0.29, 0.717) is 23.0 Å². The van der Waals surface area contributed by atoms with E-state index in [1.54, 1.807) is 0 Å². The minimum absolute atomic E-state index is 0.0743. The second kappa shape index (κ2) is 15.7. The molecule has 0 aliphatic carbocycles. The Morgan fingerprint density at radius 3 is 1.60 bits per heavy atom. The molecule has 8 nitrogen and oxygen atoms in total. The van der Waals surface area contributed by atoms with E-state index in [-0.39, 0.29) is 26.4 Å². The van der Waals surface area contributed by atoms with Crippen LogP contribution < -0.4 is 18.9 Å². The lowest BCUT2D eigenvalue weighted by Crippen LogP contribution is -2.30. The first-order valence-corrected chi connectivity index (χ1v) is 13.8. The number of fused-ring (bicyclic) bond motifs is 1. The lowest BCUT2D eigenvalue weighted by atomic mass is 10.0. The van der Waals surface area contributed by atoms with Crippen molar-refractivity contribution in [2.75, 3.05) is 26.4 Å². The first-order chi connectivity index (χ1) is 20.9. The van der Waals surface area contributed by atoms with Gasteiger partial charge in [0.15, 0.2) is 12.2 Å². The topological polar surface area (TPSA) is 89.5 Å². The largest absolute Gasteiger partial charge is 0.490 e. The number of hydrogen-bond acceptors (Lipinski definition) is 8. The molecule has 0 N–H and O–H groups in total. The molecular formula is C35H34O8. The van der Waals surface area contributed by atoms with Gasteiger partial charge in [0, 0.05) is 12.2 Å². The average molecular weight is 583 g/mol. The van der Waals surface area contributed by atoms with E-state index in [4.69, 9.17) is 28.4 Å². The van der Waals surface area contributed by atoms with Gasteiger partial charge in [0.25, 0.3) is 0 Å².